The summed E-state index contributed by atoms with van der Waals surface area (Å²) < 4.78 is 19.0. The highest BCUT2D eigenvalue weighted by atomic mass is 35.5. The van der Waals surface area contributed by atoms with E-state index in [4.69, 9.17) is 23.2 Å². The zero-order valence-corrected chi connectivity index (χ0v) is 11.7. The van der Waals surface area contributed by atoms with Crippen LogP contribution in [0.3, 0.4) is 0 Å². The van der Waals surface area contributed by atoms with Gasteiger partial charge in [-0.2, -0.15) is 0 Å². The van der Waals surface area contributed by atoms with E-state index in [0.717, 1.165) is 0 Å². The molecule has 1 atom stereocenters. The first-order chi connectivity index (χ1) is 8.60. The average Bonchev–Trinajstić information content (AvgIpc) is 2.65. The molecule has 0 amide bonds. The van der Waals surface area contributed by atoms with E-state index in [1.807, 2.05) is 6.92 Å². The van der Waals surface area contributed by atoms with Crippen molar-refractivity contribution in [3.05, 3.63) is 28.2 Å². The molecule has 1 aliphatic rings. The molecule has 8 heteroatoms. The van der Waals surface area contributed by atoms with E-state index in [1.54, 1.807) is 18.2 Å². The van der Waals surface area contributed by atoms with Crippen molar-refractivity contribution >= 4 is 51.7 Å². The third-order valence-electron chi connectivity index (χ3n) is 2.09. The van der Waals surface area contributed by atoms with Gasteiger partial charge in [-0.3, -0.25) is 0 Å². The maximum Gasteiger partial charge on any atom is 0.269 e. The minimum Gasteiger partial charge on any atom is -0.367 e. The van der Waals surface area contributed by atoms with Crippen LogP contribution in [-0.4, -0.2) is 22.4 Å². The highest BCUT2D eigenvalue weighted by Crippen LogP contribution is 2.25. The van der Waals surface area contributed by atoms with Crippen LogP contribution in [-0.2, 0) is 11.2 Å². The molecular formula is C10H10Cl2N4OS. The number of nitrogens with zero attached hydrogens (tertiary/aromatic N) is 2. The number of amidine groups is 2. The van der Waals surface area contributed by atoms with E-state index in [2.05, 4.69) is 19.4 Å². The number of nitrogens with one attached hydrogen (secondary N) is 2. The molecule has 1 aliphatic heterocycles. The largest absolute Gasteiger partial charge is 0.367 e. The summed E-state index contributed by atoms with van der Waals surface area (Å²) in [4.78, 5) is 0. The SMILES string of the molecule is CCNC1=NS(=O)N=C1Nc1ccc(Cl)c(Cl)c1. The molecule has 0 saturated heterocycles. The lowest BCUT2D eigenvalue weighted by Gasteiger charge is -2.09. The first-order valence-corrected chi connectivity index (χ1v) is 6.98. The predicted octanol–water partition coefficient (Wildman–Crippen LogP) is 2.40. The van der Waals surface area contributed by atoms with Gasteiger partial charge in [-0.25, -0.2) is 4.21 Å². The molecule has 96 valence electrons. The van der Waals surface area contributed by atoms with Gasteiger partial charge in [-0.05, 0) is 25.1 Å². The van der Waals surface area contributed by atoms with Crippen molar-refractivity contribution in [3.8, 4) is 0 Å². The van der Waals surface area contributed by atoms with Crippen molar-refractivity contribution < 1.29 is 4.21 Å². The lowest BCUT2D eigenvalue weighted by molar-refractivity contribution is 0.686. The number of anilines is 1. The highest BCUT2D eigenvalue weighted by molar-refractivity contribution is 7.83. The van der Waals surface area contributed by atoms with Crippen LogP contribution in [0.5, 0.6) is 0 Å². The number of hydrogen-bond donors (Lipinski definition) is 2. The van der Waals surface area contributed by atoms with E-state index in [9.17, 15) is 4.21 Å². The van der Waals surface area contributed by atoms with Gasteiger partial charge in [0.2, 0.25) is 0 Å². The molecule has 0 bridgehead atoms. The van der Waals surface area contributed by atoms with E-state index in [1.165, 1.54) is 0 Å². The molecule has 1 unspecified atom stereocenters. The minimum atomic E-state index is -1.58. The van der Waals surface area contributed by atoms with Crippen LogP contribution in [0.4, 0.5) is 5.69 Å². The van der Waals surface area contributed by atoms with Gasteiger partial charge in [-0.1, -0.05) is 23.2 Å². The van der Waals surface area contributed by atoms with Gasteiger partial charge >= 0.3 is 0 Å². The quantitative estimate of drug-likeness (QED) is 0.882. The highest BCUT2D eigenvalue weighted by Gasteiger charge is 2.18. The summed E-state index contributed by atoms with van der Waals surface area (Å²) in [6.07, 6.45) is 0. The van der Waals surface area contributed by atoms with Gasteiger partial charge in [0.25, 0.3) is 11.2 Å². The lowest BCUT2D eigenvalue weighted by atomic mass is 10.3. The minimum absolute atomic E-state index is 0.425. The summed E-state index contributed by atoms with van der Waals surface area (Å²) in [5.74, 6) is 0.899. The van der Waals surface area contributed by atoms with Crippen molar-refractivity contribution in [3.63, 3.8) is 0 Å². The van der Waals surface area contributed by atoms with Crippen molar-refractivity contribution in [2.75, 3.05) is 11.9 Å². The Balaban J connectivity index is 2.18. The van der Waals surface area contributed by atoms with E-state index in [-0.39, 0.29) is 0 Å². The van der Waals surface area contributed by atoms with Gasteiger partial charge in [0.05, 0.1) is 10.0 Å². The Morgan fingerprint density at radius 2 is 1.94 bits per heavy atom. The molecular weight excluding hydrogens is 295 g/mol. The van der Waals surface area contributed by atoms with Crippen LogP contribution in [0.25, 0.3) is 0 Å². The Hall–Kier alpha value is -1.11. The summed E-state index contributed by atoms with van der Waals surface area (Å²) in [5, 5.41) is 6.88. The summed E-state index contributed by atoms with van der Waals surface area (Å²) in [5.41, 5.74) is 0.702. The smallest absolute Gasteiger partial charge is 0.269 e. The van der Waals surface area contributed by atoms with Gasteiger partial charge in [0, 0.05) is 12.2 Å². The fourth-order valence-corrected chi connectivity index (χ4v) is 2.27. The summed E-state index contributed by atoms with van der Waals surface area (Å²) in [7, 11) is 0. The van der Waals surface area contributed by atoms with Gasteiger partial charge in [0.1, 0.15) is 0 Å². The van der Waals surface area contributed by atoms with Gasteiger partial charge in [-0.15, -0.1) is 8.80 Å². The number of rotatable bonds is 2. The van der Waals surface area contributed by atoms with Crippen LogP contribution in [0.1, 0.15) is 6.92 Å². The zero-order valence-electron chi connectivity index (χ0n) is 9.41. The Morgan fingerprint density at radius 3 is 2.61 bits per heavy atom. The van der Waals surface area contributed by atoms with Crippen LogP contribution < -0.4 is 10.6 Å². The Morgan fingerprint density at radius 1 is 1.22 bits per heavy atom. The molecule has 18 heavy (non-hydrogen) atoms. The Bertz CT molecular complexity index is 559. The number of hydrogen-bond acceptors (Lipinski definition) is 3. The molecule has 5 nitrogen and oxygen atoms in total. The van der Waals surface area contributed by atoms with E-state index < -0.39 is 11.2 Å². The van der Waals surface area contributed by atoms with Crippen molar-refractivity contribution in [2.45, 2.75) is 6.92 Å². The number of halogens is 2. The topological polar surface area (TPSA) is 65.8 Å². The van der Waals surface area contributed by atoms with Crippen LogP contribution in [0, 0.1) is 0 Å². The molecule has 0 radical (unpaired) electrons. The van der Waals surface area contributed by atoms with Gasteiger partial charge in [0.15, 0.2) is 11.7 Å². The van der Waals surface area contributed by atoms with Crippen molar-refractivity contribution in [1.29, 1.82) is 0 Å². The van der Waals surface area contributed by atoms with Crippen LogP contribution in [0.15, 0.2) is 27.0 Å². The van der Waals surface area contributed by atoms with Gasteiger partial charge < -0.3 is 10.6 Å². The fraction of sp³-hybridized carbons (Fsp3) is 0.200. The van der Waals surface area contributed by atoms with Crippen LogP contribution >= 0.6 is 23.2 Å². The summed E-state index contributed by atoms with van der Waals surface area (Å²) in [6, 6.07) is 5.08. The molecule has 0 spiro atoms. The monoisotopic (exact) mass is 304 g/mol. The first-order valence-electron chi connectivity index (χ1n) is 5.16. The Kier molecular flexibility index (Phi) is 4.21. The van der Waals surface area contributed by atoms with Crippen LogP contribution in [0.2, 0.25) is 10.0 Å². The molecule has 1 aromatic rings. The third kappa shape index (κ3) is 3.01. The van der Waals surface area contributed by atoms with Crippen molar-refractivity contribution in [2.24, 2.45) is 8.80 Å². The third-order valence-corrected chi connectivity index (χ3v) is 3.51. The normalized spacial score (nSPS) is 18.3. The second kappa shape index (κ2) is 5.69. The molecule has 0 aromatic heterocycles. The first kappa shape index (κ1) is 13.3. The molecule has 1 aromatic carbocycles. The molecule has 2 rings (SSSR count). The Labute approximate surface area is 117 Å². The second-order valence-corrected chi connectivity index (χ2v) is 5.04. The second-order valence-electron chi connectivity index (χ2n) is 3.39. The summed E-state index contributed by atoms with van der Waals surface area (Å²) >= 11 is 10.2. The standard InChI is InChI=1S/C10H10Cl2N4OS/c1-2-13-9-10(16-18(17)15-9)14-6-3-4-7(11)8(12)5-6/h3-5H,2H2,1H3,(H,13,15)(H,14,16). The van der Waals surface area contributed by atoms with E-state index >= 15 is 0 Å². The summed E-state index contributed by atoms with van der Waals surface area (Å²) in [6.45, 7) is 2.58. The molecule has 0 aliphatic carbocycles. The lowest BCUT2D eigenvalue weighted by Crippen LogP contribution is -2.33. The van der Waals surface area contributed by atoms with Crippen molar-refractivity contribution in [1.82, 2.24) is 5.32 Å². The predicted molar refractivity (Wildman–Crippen MR) is 76.8 cm³/mol. The maximum atomic E-state index is 11.3. The van der Waals surface area contributed by atoms with E-state index in [0.29, 0.717) is 33.9 Å². The maximum absolute atomic E-state index is 11.3. The number of benzene rings is 1. The zero-order chi connectivity index (χ0) is 13.1. The average molecular weight is 305 g/mol. The molecule has 0 saturated carbocycles. The molecule has 2 N–H and O–H groups in total. The molecule has 0 fully saturated rings. The molecule has 1 heterocycles. The number of likely N-dealkylation sites (N-methyl/N-ethyl adjacent to an activating group) is 1. The fourth-order valence-electron chi connectivity index (χ4n) is 1.34.